The van der Waals surface area contributed by atoms with Gasteiger partial charge in [0.25, 0.3) is 0 Å². The highest BCUT2D eigenvalue weighted by molar-refractivity contribution is 7.10. The third-order valence-corrected chi connectivity index (χ3v) is 3.14. The number of rotatable bonds is 4. The van der Waals surface area contributed by atoms with Gasteiger partial charge in [0.1, 0.15) is 5.60 Å². The maximum atomic E-state index is 5.73. The molecule has 0 aliphatic carbocycles. The summed E-state index contributed by atoms with van der Waals surface area (Å²) in [7, 11) is 1.68. The van der Waals surface area contributed by atoms with Gasteiger partial charge >= 0.3 is 0 Å². The fourth-order valence-electron chi connectivity index (χ4n) is 1.34. The van der Waals surface area contributed by atoms with E-state index in [0.29, 0.717) is 10.3 Å². The molecular weight excluding hydrogens is 208 g/mol. The predicted octanol–water partition coefficient (Wildman–Crippen LogP) is 2.85. The van der Waals surface area contributed by atoms with Gasteiger partial charge in [-0.3, -0.25) is 0 Å². The second kappa shape index (κ2) is 4.35. The van der Waals surface area contributed by atoms with Gasteiger partial charge in [0.15, 0.2) is 5.82 Å². The van der Waals surface area contributed by atoms with Crippen LogP contribution in [0.5, 0.6) is 0 Å². The molecule has 0 bridgehead atoms. The van der Waals surface area contributed by atoms with E-state index in [0.717, 1.165) is 12.8 Å². The van der Waals surface area contributed by atoms with E-state index in [-0.39, 0.29) is 5.60 Å². The molecule has 0 saturated carbocycles. The number of hydrogen-bond acceptors (Lipinski definition) is 4. The fraction of sp³-hybridized carbons (Fsp3) is 0.750. The molecule has 0 aliphatic rings. The van der Waals surface area contributed by atoms with Crippen LogP contribution in [0, 0.1) is 0 Å². The Bertz CT molecular complexity index is 265. The van der Waals surface area contributed by atoms with Crippen molar-refractivity contribution in [1.29, 1.82) is 0 Å². The van der Waals surface area contributed by atoms with Crippen LogP contribution in [0.4, 0.5) is 0 Å². The number of nitrogens with zero attached hydrogens (tertiary/aromatic N) is 2. The third-order valence-electron chi connectivity index (χ3n) is 2.34. The van der Waals surface area contributed by atoms with Crippen molar-refractivity contribution < 1.29 is 4.74 Å². The molecule has 1 rings (SSSR count). The van der Waals surface area contributed by atoms with Gasteiger partial charge in [0.05, 0.1) is 0 Å². The van der Waals surface area contributed by atoms with Crippen molar-refractivity contribution in [2.75, 3.05) is 7.11 Å². The molecule has 5 heteroatoms. The highest BCUT2D eigenvalue weighted by atomic mass is 35.5. The van der Waals surface area contributed by atoms with Gasteiger partial charge in [-0.2, -0.15) is 4.37 Å². The van der Waals surface area contributed by atoms with E-state index in [9.17, 15) is 0 Å². The molecule has 0 amide bonds. The minimum absolute atomic E-state index is 0.357. The molecule has 0 atom stereocenters. The van der Waals surface area contributed by atoms with Gasteiger partial charge in [-0.15, -0.1) is 0 Å². The first-order chi connectivity index (χ1) is 6.18. The summed E-state index contributed by atoms with van der Waals surface area (Å²) in [4.78, 5) is 4.14. The quantitative estimate of drug-likeness (QED) is 0.783. The maximum Gasteiger partial charge on any atom is 0.203 e. The Morgan fingerprint density at radius 2 is 2.08 bits per heavy atom. The van der Waals surface area contributed by atoms with Crippen LogP contribution in [0.25, 0.3) is 0 Å². The number of halogens is 1. The maximum absolute atomic E-state index is 5.73. The lowest BCUT2D eigenvalue weighted by molar-refractivity contribution is -0.0281. The summed E-state index contributed by atoms with van der Waals surface area (Å²) in [5, 5.41) is 0. The Morgan fingerprint density at radius 3 is 2.38 bits per heavy atom. The van der Waals surface area contributed by atoms with Gasteiger partial charge in [-0.05, 0) is 36.0 Å². The van der Waals surface area contributed by atoms with Crippen LogP contribution in [-0.2, 0) is 10.3 Å². The van der Waals surface area contributed by atoms with Crippen molar-refractivity contribution in [3.63, 3.8) is 0 Å². The molecule has 0 spiro atoms. The lowest BCUT2D eigenvalue weighted by Crippen LogP contribution is -2.28. The molecule has 1 aromatic rings. The molecule has 0 N–H and O–H groups in total. The largest absolute Gasteiger partial charge is 0.370 e. The van der Waals surface area contributed by atoms with Crippen molar-refractivity contribution in [1.82, 2.24) is 9.36 Å². The monoisotopic (exact) mass is 220 g/mol. The number of ether oxygens (including phenoxy) is 1. The molecule has 0 radical (unpaired) electrons. The van der Waals surface area contributed by atoms with Crippen molar-refractivity contribution in [3.05, 3.63) is 10.3 Å². The van der Waals surface area contributed by atoms with Gasteiger partial charge in [0.2, 0.25) is 4.47 Å². The second-order valence-electron chi connectivity index (χ2n) is 2.78. The molecule has 74 valence electrons. The summed E-state index contributed by atoms with van der Waals surface area (Å²) < 4.78 is 10.1. The summed E-state index contributed by atoms with van der Waals surface area (Å²) in [6.45, 7) is 4.11. The minimum Gasteiger partial charge on any atom is -0.370 e. The lowest BCUT2D eigenvalue weighted by atomic mass is 9.96. The Kier molecular flexibility index (Phi) is 3.64. The number of methoxy groups -OCH3 is 1. The van der Waals surface area contributed by atoms with Gasteiger partial charge < -0.3 is 4.74 Å². The van der Waals surface area contributed by atoms with Gasteiger partial charge in [-0.25, -0.2) is 4.98 Å². The zero-order chi connectivity index (χ0) is 9.90. The van der Waals surface area contributed by atoms with Crippen LogP contribution >= 0.6 is 23.1 Å². The predicted molar refractivity (Wildman–Crippen MR) is 54.2 cm³/mol. The van der Waals surface area contributed by atoms with E-state index in [1.54, 1.807) is 7.11 Å². The van der Waals surface area contributed by atoms with Crippen LogP contribution in [-0.4, -0.2) is 16.5 Å². The molecule has 1 heterocycles. The summed E-state index contributed by atoms with van der Waals surface area (Å²) in [5.74, 6) is 0.704. The average Bonchev–Trinajstić information content (AvgIpc) is 2.57. The Labute approximate surface area is 87.3 Å². The van der Waals surface area contributed by atoms with Crippen LogP contribution in [0.3, 0.4) is 0 Å². The molecule has 1 aromatic heterocycles. The highest BCUT2D eigenvalue weighted by Gasteiger charge is 2.32. The number of hydrogen-bond donors (Lipinski definition) is 0. The fourth-order valence-corrected chi connectivity index (χ4v) is 2.02. The van der Waals surface area contributed by atoms with Crippen LogP contribution < -0.4 is 0 Å². The van der Waals surface area contributed by atoms with Gasteiger partial charge in [0, 0.05) is 7.11 Å². The molecule has 0 aliphatic heterocycles. The number of aromatic nitrogens is 2. The summed E-state index contributed by atoms with van der Waals surface area (Å²) >= 11 is 6.93. The first-order valence-corrected chi connectivity index (χ1v) is 5.38. The second-order valence-corrected chi connectivity index (χ2v) is 4.11. The summed E-state index contributed by atoms with van der Waals surface area (Å²) in [6.07, 6.45) is 1.71. The van der Waals surface area contributed by atoms with E-state index in [1.807, 2.05) is 0 Å². The molecule has 3 nitrogen and oxygen atoms in total. The van der Waals surface area contributed by atoms with E-state index in [1.165, 1.54) is 11.5 Å². The highest BCUT2D eigenvalue weighted by Crippen LogP contribution is 2.31. The van der Waals surface area contributed by atoms with E-state index < -0.39 is 0 Å². The molecule has 0 unspecified atom stereocenters. The van der Waals surface area contributed by atoms with Crippen LogP contribution in [0.15, 0.2) is 0 Å². The van der Waals surface area contributed by atoms with Crippen LogP contribution in [0.1, 0.15) is 32.5 Å². The first-order valence-electron chi connectivity index (χ1n) is 4.23. The van der Waals surface area contributed by atoms with Crippen molar-refractivity contribution in [2.45, 2.75) is 32.3 Å². The lowest BCUT2D eigenvalue weighted by Gasteiger charge is -2.26. The zero-order valence-corrected chi connectivity index (χ0v) is 9.58. The third kappa shape index (κ3) is 2.00. The Morgan fingerprint density at radius 1 is 1.46 bits per heavy atom. The Balaban J connectivity index is 3.00. The van der Waals surface area contributed by atoms with Crippen molar-refractivity contribution in [2.24, 2.45) is 0 Å². The van der Waals surface area contributed by atoms with E-state index in [4.69, 9.17) is 16.3 Å². The molecule has 0 fully saturated rings. The smallest absolute Gasteiger partial charge is 0.203 e. The van der Waals surface area contributed by atoms with Crippen LogP contribution in [0.2, 0.25) is 4.47 Å². The standard InChI is InChI=1S/C8H13ClN2OS/c1-4-8(5-2,12-3)6-10-7(9)13-11-6/h4-5H2,1-3H3. The summed E-state index contributed by atoms with van der Waals surface area (Å²) in [6, 6.07) is 0. The molecular formula is C8H13ClN2OS. The van der Waals surface area contributed by atoms with Crippen molar-refractivity contribution >= 4 is 23.1 Å². The van der Waals surface area contributed by atoms with Gasteiger partial charge in [-0.1, -0.05) is 13.8 Å². The van der Waals surface area contributed by atoms with Crippen molar-refractivity contribution in [3.8, 4) is 0 Å². The normalized spacial score (nSPS) is 12.0. The van der Waals surface area contributed by atoms with E-state index in [2.05, 4.69) is 23.2 Å². The topological polar surface area (TPSA) is 35.0 Å². The summed E-state index contributed by atoms with van der Waals surface area (Å²) in [5.41, 5.74) is -0.357. The first kappa shape index (κ1) is 10.9. The zero-order valence-electron chi connectivity index (χ0n) is 8.00. The molecule has 0 saturated heterocycles. The van der Waals surface area contributed by atoms with E-state index >= 15 is 0 Å². The average molecular weight is 221 g/mol. The SMILES string of the molecule is CCC(CC)(OC)c1nsc(Cl)n1. The molecule has 13 heavy (non-hydrogen) atoms. The Hall–Kier alpha value is -0.190. The minimum atomic E-state index is -0.357. The molecule has 0 aromatic carbocycles.